The Morgan fingerprint density at radius 2 is 1.77 bits per heavy atom. The highest BCUT2D eigenvalue weighted by Crippen LogP contribution is 2.27. The number of aromatic nitrogens is 1. The van der Waals surface area contributed by atoms with Gasteiger partial charge in [-0.3, -0.25) is 0 Å². The lowest BCUT2D eigenvalue weighted by Crippen LogP contribution is -2.37. The van der Waals surface area contributed by atoms with E-state index in [0.29, 0.717) is 0 Å². The number of benzene rings is 2. The van der Waals surface area contributed by atoms with Gasteiger partial charge in [0.1, 0.15) is 4.99 Å². The molecule has 4 heteroatoms. The monoisotopic (exact) mass is 382 g/mol. The minimum atomic E-state index is 0.750. The van der Waals surface area contributed by atoms with Crippen LogP contribution in [0.4, 0.5) is 0 Å². The predicted octanol–water partition coefficient (Wildman–Crippen LogP) is 5.75. The molecule has 0 aliphatic carbocycles. The predicted molar refractivity (Wildman–Crippen MR) is 114 cm³/mol. The molecule has 3 aromatic rings. The standard InChI is InChI=1S/C22H23ClN2S/c1-16-10-12-24(13-11-16)22(26)19-15-25(21-9-5-3-7-18(19)21)14-17-6-2-4-8-20(17)23/h2-9,15-16H,10-14H2,1H3. The Morgan fingerprint density at radius 3 is 2.54 bits per heavy atom. The summed E-state index contributed by atoms with van der Waals surface area (Å²) in [4.78, 5) is 3.35. The van der Waals surface area contributed by atoms with Crippen molar-refractivity contribution < 1.29 is 0 Å². The van der Waals surface area contributed by atoms with Crippen LogP contribution in [-0.2, 0) is 6.54 Å². The van der Waals surface area contributed by atoms with Gasteiger partial charge in [-0.25, -0.2) is 0 Å². The molecule has 2 aromatic carbocycles. The Labute approximate surface area is 165 Å². The van der Waals surface area contributed by atoms with Gasteiger partial charge in [-0.2, -0.15) is 0 Å². The molecular formula is C22H23ClN2S. The molecule has 1 aliphatic heterocycles. The van der Waals surface area contributed by atoms with Gasteiger partial charge in [0.05, 0.1) is 0 Å². The molecule has 0 spiro atoms. The summed E-state index contributed by atoms with van der Waals surface area (Å²) in [5.41, 5.74) is 3.49. The van der Waals surface area contributed by atoms with Gasteiger partial charge in [-0.05, 0) is 36.5 Å². The summed E-state index contributed by atoms with van der Waals surface area (Å²) < 4.78 is 2.27. The second-order valence-corrected chi connectivity index (χ2v) is 8.05. The first kappa shape index (κ1) is 17.6. The van der Waals surface area contributed by atoms with E-state index in [-0.39, 0.29) is 0 Å². The number of halogens is 1. The van der Waals surface area contributed by atoms with Crippen molar-refractivity contribution in [3.8, 4) is 0 Å². The molecule has 1 aliphatic rings. The maximum atomic E-state index is 6.38. The quantitative estimate of drug-likeness (QED) is 0.533. The van der Waals surface area contributed by atoms with Crippen LogP contribution in [0, 0.1) is 5.92 Å². The van der Waals surface area contributed by atoms with E-state index in [0.717, 1.165) is 46.7 Å². The molecule has 1 fully saturated rings. The topological polar surface area (TPSA) is 8.17 Å². The van der Waals surface area contributed by atoms with Gasteiger partial charge in [-0.1, -0.05) is 67.1 Å². The second-order valence-electron chi connectivity index (χ2n) is 7.25. The van der Waals surface area contributed by atoms with Gasteiger partial charge in [-0.15, -0.1) is 0 Å². The van der Waals surface area contributed by atoms with Crippen LogP contribution in [0.1, 0.15) is 30.9 Å². The average molecular weight is 383 g/mol. The van der Waals surface area contributed by atoms with Crippen LogP contribution in [0.25, 0.3) is 10.9 Å². The largest absolute Gasteiger partial charge is 0.362 e. The molecule has 0 atom stereocenters. The van der Waals surface area contributed by atoms with Crippen molar-refractivity contribution in [1.82, 2.24) is 9.47 Å². The maximum Gasteiger partial charge on any atom is 0.111 e. The van der Waals surface area contributed by atoms with Crippen molar-refractivity contribution >= 4 is 39.7 Å². The number of para-hydroxylation sites is 1. The fourth-order valence-corrected chi connectivity index (χ4v) is 4.28. The van der Waals surface area contributed by atoms with Crippen LogP contribution in [0.5, 0.6) is 0 Å². The minimum absolute atomic E-state index is 0.750. The highest BCUT2D eigenvalue weighted by Gasteiger charge is 2.21. The van der Waals surface area contributed by atoms with Crippen LogP contribution >= 0.6 is 23.8 Å². The number of hydrogen-bond donors (Lipinski definition) is 0. The number of nitrogens with zero attached hydrogens (tertiary/aromatic N) is 2. The normalized spacial score (nSPS) is 15.5. The number of thiocarbonyl (C=S) groups is 1. The lowest BCUT2D eigenvalue weighted by Gasteiger charge is -2.32. The van der Waals surface area contributed by atoms with Crippen molar-refractivity contribution in [2.24, 2.45) is 5.92 Å². The SMILES string of the molecule is CC1CCN(C(=S)c2cn(Cc3ccccc3Cl)c3ccccc23)CC1. The number of piperidine rings is 1. The summed E-state index contributed by atoms with van der Waals surface area (Å²) in [5.74, 6) is 0.801. The molecule has 134 valence electrons. The molecule has 0 unspecified atom stereocenters. The lowest BCUT2D eigenvalue weighted by molar-refractivity contribution is 0.284. The van der Waals surface area contributed by atoms with Crippen LogP contribution in [0.3, 0.4) is 0 Å². The van der Waals surface area contributed by atoms with Gasteiger partial charge in [0, 0.05) is 47.3 Å². The lowest BCUT2D eigenvalue weighted by atomic mass is 9.99. The zero-order valence-corrected chi connectivity index (χ0v) is 16.6. The molecule has 1 aromatic heterocycles. The van der Waals surface area contributed by atoms with Gasteiger partial charge < -0.3 is 9.47 Å². The van der Waals surface area contributed by atoms with E-state index in [9.17, 15) is 0 Å². The van der Waals surface area contributed by atoms with Crippen molar-refractivity contribution in [3.05, 3.63) is 70.9 Å². The molecule has 26 heavy (non-hydrogen) atoms. The summed E-state index contributed by atoms with van der Waals surface area (Å²) in [6.45, 7) is 5.20. The Balaban J connectivity index is 1.70. The fraction of sp³-hybridized carbons (Fsp3) is 0.318. The molecule has 0 bridgehead atoms. The summed E-state index contributed by atoms with van der Waals surface area (Å²) in [6, 6.07) is 16.5. The fourth-order valence-electron chi connectivity index (χ4n) is 3.74. The molecular weight excluding hydrogens is 360 g/mol. The van der Waals surface area contributed by atoms with Crippen molar-refractivity contribution in [2.75, 3.05) is 13.1 Å². The summed E-state index contributed by atoms with van der Waals surface area (Å²) >= 11 is 12.3. The molecule has 1 saturated heterocycles. The number of likely N-dealkylation sites (tertiary alicyclic amines) is 1. The van der Waals surface area contributed by atoms with Crippen molar-refractivity contribution in [2.45, 2.75) is 26.3 Å². The number of hydrogen-bond acceptors (Lipinski definition) is 1. The number of rotatable bonds is 3. The minimum Gasteiger partial charge on any atom is -0.362 e. The Hall–Kier alpha value is -1.84. The van der Waals surface area contributed by atoms with E-state index < -0.39 is 0 Å². The Morgan fingerprint density at radius 1 is 1.08 bits per heavy atom. The third kappa shape index (κ3) is 3.38. The molecule has 0 radical (unpaired) electrons. The molecule has 2 heterocycles. The molecule has 0 saturated carbocycles. The first-order chi connectivity index (χ1) is 12.6. The van der Waals surface area contributed by atoms with Gasteiger partial charge in [0.15, 0.2) is 0 Å². The highest BCUT2D eigenvalue weighted by atomic mass is 35.5. The van der Waals surface area contributed by atoms with Crippen molar-refractivity contribution in [1.29, 1.82) is 0 Å². The zero-order chi connectivity index (χ0) is 18.1. The van der Waals surface area contributed by atoms with Gasteiger partial charge in [0.25, 0.3) is 0 Å². The van der Waals surface area contributed by atoms with Crippen LogP contribution < -0.4 is 0 Å². The van der Waals surface area contributed by atoms with Gasteiger partial charge in [0.2, 0.25) is 0 Å². The van der Waals surface area contributed by atoms with E-state index in [1.165, 1.54) is 23.7 Å². The third-order valence-corrected chi connectivity index (χ3v) is 6.24. The van der Waals surface area contributed by atoms with E-state index >= 15 is 0 Å². The summed E-state index contributed by atoms with van der Waals surface area (Å²) in [5, 5.41) is 2.03. The van der Waals surface area contributed by atoms with E-state index in [1.807, 2.05) is 18.2 Å². The second kappa shape index (κ2) is 7.42. The van der Waals surface area contributed by atoms with Crippen LogP contribution in [-0.4, -0.2) is 27.5 Å². The Kier molecular flexibility index (Phi) is 5.01. The Bertz CT molecular complexity index is 938. The van der Waals surface area contributed by atoms with E-state index in [1.54, 1.807) is 0 Å². The molecule has 4 rings (SSSR count). The van der Waals surface area contributed by atoms with Crippen LogP contribution in [0.15, 0.2) is 54.7 Å². The smallest absolute Gasteiger partial charge is 0.111 e. The van der Waals surface area contributed by atoms with Gasteiger partial charge >= 0.3 is 0 Å². The van der Waals surface area contributed by atoms with Crippen LogP contribution in [0.2, 0.25) is 5.02 Å². The molecule has 2 nitrogen and oxygen atoms in total. The highest BCUT2D eigenvalue weighted by molar-refractivity contribution is 7.80. The third-order valence-electron chi connectivity index (χ3n) is 5.39. The van der Waals surface area contributed by atoms with E-state index in [4.69, 9.17) is 23.8 Å². The molecule has 0 N–H and O–H groups in total. The van der Waals surface area contributed by atoms with Crippen molar-refractivity contribution in [3.63, 3.8) is 0 Å². The first-order valence-corrected chi connectivity index (χ1v) is 10.0. The average Bonchev–Trinajstić information content (AvgIpc) is 3.02. The molecule has 0 amide bonds. The first-order valence-electron chi connectivity index (χ1n) is 9.24. The van der Waals surface area contributed by atoms with E-state index in [2.05, 4.69) is 52.9 Å². The zero-order valence-electron chi connectivity index (χ0n) is 15.0. The summed E-state index contributed by atoms with van der Waals surface area (Å²) in [6.07, 6.45) is 4.64. The maximum absolute atomic E-state index is 6.38. The summed E-state index contributed by atoms with van der Waals surface area (Å²) in [7, 11) is 0. The number of fused-ring (bicyclic) bond motifs is 1.